The number of aromatic nitrogens is 5. The first-order chi connectivity index (χ1) is 59.9. The van der Waals surface area contributed by atoms with E-state index in [0.29, 0.717) is 0 Å². The zero-order chi connectivity index (χ0) is 94.2. The Morgan fingerprint density at radius 2 is 0.489 bits per heavy atom. The van der Waals surface area contributed by atoms with E-state index in [4.69, 9.17) is 15.0 Å². The van der Waals surface area contributed by atoms with E-state index in [9.17, 15) is 29.7 Å². The van der Waals surface area contributed by atoms with Crippen LogP contribution in [0.15, 0.2) is 321 Å². The molecule has 0 fully saturated rings. The maximum absolute atomic E-state index is 11.5. The predicted molar refractivity (Wildman–Crippen MR) is 536 cm³/mol. The SMILES string of the molecule is CC(C)(C)C(=O)C=C(O)C(C)(C)C.CC(C)(C)C(=O)C=C(O)C(C)(C)C.CC(C)(C)C(=O)C=C(O)C(C)(C)C.CC(C)(C)c1c[c-]c(-c2ccc3ccccc3n2)cc1.CC(C)(C)c1c[c-]c(-c2ccc3ccccc3n2)cc1.Cc1cc2ccccc2nc1-c1[c-]cccc1.[Ir].[Ir].[Ir].[Ir].[Ir].[c-]1ccccc1-c1ccc2ccccc2n1.[c-]1ccccc1-c1ccc2ccccc2n1. The van der Waals surface area contributed by atoms with Gasteiger partial charge in [-0.2, -0.15) is 0 Å². The third-order valence-electron chi connectivity index (χ3n) is 20.5. The number of pyridine rings is 5. The van der Waals surface area contributed by atoms with Crippen LogP contribution in [0.2, 0.25) is 0 Å². The number of nitrogens with zero attached hydrogens (tertiary/aromatic N) is 5. The Morgan fingerprint density at radius 3 is 0.714 bits per heavy atom. The summed E-state index contributed by atoms with van der Waals surface area (Å²) in [7, 11) is 0. The Kier molecular flexibility index (Phi) is 46.1. The summed E-state index contributed by atoms with van der Waals surface area (Å²) in [5, 5.41) is 34.5. The summed E-state index contributed by atoms with van der Waals surface area (Å²) >= 11 is 0. The second kappa shape index (κ2) is 52.3. The minimum atomic E-state index is -0.417. The van der Waals surface area contributed by atoms with Gasteiger partial charge in [-0.15, -0.1) is 178 Å². The molecule has 5 radical (unpaired) electrons. The number of hydrogen-bond donors (Lipinski definition) is 3. The van der Waals surface area contributed by atoms with Crippen LogP contribution in [-0.4, -0.2) is 57.6 Å². The zero-order valence-corrected chi connectivity index (χ0v) is 93.3. The Balaban J connectivity index is 0.000000392. The Labute approximate surface area is 859 Å². The van der Waals surface area contributed by atoms with Crippen LogP contribution in [0.3, 0.4) is 0 Å². The Hall–Kier alpha value is -9.87. The maximum Gasteiger partial charge on any atom is 0.164 e. The molecule has 5 aromatic heterocycles. The molecule has 5 heterocycles. The molecular formula is C117H128Ir5N5O6-5. The van der Waals surface area contributed by atoms with Crippen molar-refractivity contribution in [3.63, 3.8) is 0 Å². The molecule has 133 heavy (non-hydrogen) atoms. The van der Waals surface area contributed by atoms with Crippen LogP contribution in [0.4, 0.5) is 0 Å². The van der Waals surface area contributed by atoms with Crippen molar-refractivity contribution in [2.75, 3.05) is 0 Å². The number of para-hydroxylation sites is 5. The normalized spacial score (nSPS) is 11.7. The first kappa shape index (κ1) is 117. The van der Waals surface area contributed by atoms with Gasteiger partial charge < -0.3 is 15.3 Å². The zero-order valence-electron chi connectivity index (χ0n) is 81.3. The largest absolute Gasteiger partial charge is 0.512 e. The molecule has 0 atom stereocenters. The second-order valence-electron chi connectivity index (χ2n) is 39.9. The number of fused-ring (bicyclic) bond motifs is 5. The van der Waals surface area contributed by atoms with Crippen LogP contribution in [-0.2, 0) is 126 Å². The van der Waals surface area contributed by atoms with Gasteiger partial charge in [-0.1, -0.05) is 317 Å². The van der Waals surface area contributed by atoms with E-state index in [0.717, 1.165) is 83.9 Å². The first-order valence-electron chi connectivity index (χ1n) is 43.6. The van der Waals surface area contributed by atoms with Gasteiger partial charge in [0.15, 0.2) is 17.3 Å². The fourth-order valence-electron chi connectivity index (χ4n) is 11.8. The van der Waals surface area contributed by atoms with Crippen molar-refractivity contribution in [1.29, 1.82) is 0 Å². The van der Waals surface area contributed by atoms with Gasteiger partial charge in [-0.3, -0.25) is 39.3 Å². The van der Waals surface area contributed by atoms with Crippen molar-refractivity contribution < 1.29 is 130 Å². The number of carbonyl (C=O) groups is 3. The number of hydrogen-bond acceptors (Lipinski definition) is 11. The van der Waals surface area contributed by atoms with E-state index < -0.39 is 16.2 Å². The van der Waals surface area contributed by atoms with E-state index in [2.05, 4.69) is 198 Å². The van der Waals surface area contributed by atoms with Gasteiger partial charge in [-0.25, -0.2) is 0 Å². The van der Waals surface area contributed by atoms with Gasteiger partial charge in [0.05, 0.1) is 27.6 Å². The van der Waals surface area contributed by atoms with Crippen LogP contribution in [0, 0.1) is 69.7 Å². The molecule has 16 heteroatoms. The van der Waals surface area contributed by atoms with Crippen molar-refractivity contribution in [3.8, 4) is 56.3 Å². The number of rotatable bonds is 8. The van der Waals surface area contributed by atoms with Crippen LogP contribution in [0.5, 0.6) is 0 Å². The number of carbonyl (C=O) groups excluding carboxylic acids is 3. The minimum absolute atomic E-state index is 0. The van der Waals surface area contributed by atoms with Crippen LogP contribution >= 0.6 is 0 Å². The average Bonchev–Trinajstić information content (AvgIpc) is 0.803. The number of benzene rings is 10. The molecule has 3 N–H and O–H groups in total. The van der Waals surface area contributed by atoms with E-state index >= 15 is 0 Å². The second-order valence-corrected chi connectivity index (χ2v) is 39.9. The fourth-order valence-corrected chi connectivity index (χ4v) is 11.8. The van der Waals surface area contributed by atoms with Crippen molar-refractivity contribution in [2.45, 2.75) is 184 Å². The van der Waals surface area contributed by atoms with E-state index in [1.165, 1.54) is 61.8 Å². The smallest absolute Gasteiger partial charge is 0.164 e. The van der Waals surface area contributed by atoms with Gasteiger partial charge in [0.2, 0.25) is 0 Å². The molecule has 0 bridgehead atoms. The maximum atomic E-state index is 11.5. The molecular weight excluding hydrogens is 2530 g/mol. The summed E-state index contributed by atoms with van der Waals surface area (Å²) < 4.78 is 0. The number of ketones is 3. The summed E-state index contributed by atoms with van der Waals surface area (Å²) in [5.74, 6) is 0.312. The van der Waals surface area contributed by atoms with E-state index in [1.807, 2.05) is 301 Å². The molecule has 0 aliphatic rings. The van der Waals surface area contributed by atoms with Crippen molar-refractivity contribution in [1.82, 2.24) is 24.9 Å². The Morgan fingerprint density at radius 1 is 0.256 bits per heavy atom. The first-order valence-corrected chi connectivity index (χ1v) is 43.6. The summed E-state index contributed by atoms with van der Waals surface area (Å²) in [6.07, 6.45) is 4.00. The summed E-state index contributed by atoms with van der Waals surface area (Å²) in [6, 6.07) is 112. The third-order valence-corrected chi connectivity index (χ3v) is 20.5. The molecule has 0 saturated carbocycles. The molecule has 0 amide bonds. The Bertz CT molecular complexity index is 5930. The van der Waals surface area contributed by atoms with Crippen LogP contribution in [0.25, 0.3) is 111 Å². The van der Waals surface area contributed by atoms with Gasteiger partial charge >= 0.3 is 0 Å². The molecule has 0 spiro atoms. The number of aryl methyl sites for hydroxylation is 1. The molecule has 15 aromatic rings. The summed E-state index contributed by atoms with van der Waals surface area (Å²) in [4.78, 5) is 57.8. The minimum Gasteiger partial charge on any atom is -0.512 e. The summed E-state index contributed by atoms with van der Waals surface area (Å²) in [6.45, 7) is 48.7. The monoisotopic (exact) mass is 2660 g/mol. The summed E-state index contributed by atoms with van der Waals surface area (Å²) in [5.41, 5.74) is 17.1. The van der Waals surface area contributed by atoms with Gasteiger partial charge in [0, 0.05) is 151 Å². The molecule has 707 valence electrons. The topological polar surface area (TPSA) is 176 Å². The molecule has 0 saturated heterocycles. The molecule has 0 unspecified atom stereocenters. The van der Waals surface area contributed by atoms with E-state index in [1.54, 1.807) is 0 Å². The molecule has 0 aliphatic carbocycles. The van der Waals surface area contributed by atoms with Crippen molar-refractivity contribution >= 4 is 71.9 Å². The van der Waals surface area contributed by atoms with Crippen molar-refractivity contribution in [3.05, 3.63) is 368 Å². The third kappa shape index (κ3) is 37.4. The molecule has 11 nitrogen and oxygen atoms in total. The fraction of sp³-hybridized carbons (Fsp3) is 0.282. The standard InChI is InChI=1S/2C19H18N.C16H12N.2C15H10N.3C11H20O2.5Ir/c2*1-19(2,3)16-11-8-15(9-12-16)18-13-10-14-6-4-5-7-17(14)20-18;1-12-11-14-9-5-6-10-15(14)17-16(12)13-7-3-2-4-8-13;2*1-2-6-12(7-3-1)15-11-10-13-8-4-5-9-14(13)16-15;3*1-10(2,3)8(12)7-9(13)11(4,5)6;;;;;/h2*4-8,10-13H,1-3H3;2-7,9-11H,1H3;2*1-6,8-11H;3*7,12H,1-6H3;;;;;/q5*-1;;;;;;;;. The van der Waals surface area contributed by atoms with Crippen molar-refractivity contribution in [2.24, 2.45) is 32.5 Å². The number of allylic oxidation sites excluding steroid dienone is 6. The quantitative estimate of drug-likeness (QED) is 0.0750. The molecule has 0 aliphatic heterocycles. The van der Waals surface area contributed by atoms with E-state index in [-0.39, 0.29) is 162 Å². The van der Waals surface area contributed by atoms with Gasteiger partial charge in [0.25, 0.3) is 0 Å². The number of aliphatic hydroxyl groups is 3. The molecule has 15 rings (SSSR count). The average molecular weight is 2660 g/mol. The van der Waals surface area contributed by atoms with Crippen LogP contribution in [0.1, 0.15) is 183 Å². The number of aliphatic hydroxyl groups excluding tert-OH is 3. The predicted octanol–water partition coefficient (Wildman–Crippen LogP) is 30.7. The van der Waals surface area contributed by atoms with Gasteiger partial charge in [-0.05, 0) is 103 Å². The molecule has 10 aromatic carbocycles. The van der Waals surface area contributed by atoms with Gasteiger partial charge in [0.1, 0.15) is 17.3 Å². The van der Waals surface area contributed by atoms with Crippen LogP contribution < -0.4 is 0 Å².